The summed E-state index contributed by atoms with van der Waals surface area (Å²) in [5.74, 6) is 2.73. The molecule has 0 saturated carbocycles. The minimum absolute atomic E-state index is 0. The molecule has 4 rings (SSSR count). The molecule has 0 fully saturated rings. The summed E-state index contributed by atoms with van der Waals surface area (Å²) in [6.07, 6.45) is 8.21. The predicted octanol–water partition coefficient (Wildman–Crippen LogP) is 3.58. The van der Waals surface area contributed by atoms with Crippen LogP contribution in [0.3, 0.4) is 0 Å². The summed E-state index contributed by atoms with van der Waals surface area (Å²) in [6, 6.07) is 4.84. The fraction of sp³-hybridized carbons (Fsp3) is 0.500. The lowest BCUT2D eigenvalue weighted by atomic mass is 10.1. The lowest BCUT2D eigenvalue weighted by Crippen LogP contribution is -2.38. The van der Waals surface area contributed by atoms with Crippen molar-refractivity contribution in [1.82, 2.24) is 30.4 Å². The van der Waals surface area contributed by atoms with Gasteiger partial charge in [-0.3, -0.25) is 4.99 Å². The average molecular weight is 539 g/mol. The van der Waals surface area contributed by atoms with Crippen molar-refractivity contribution in [2.45, 2.75) is 52.0 Å². The number of guanidine groups is 1. The molecule has 7 nitrogen and oxygen atoms in total. The molecule has 0 bridgehead atoms. The van der Waals surface area contributed by atoms with E-state index in [0.717, 1.165) is 73.0 Å². The van der Waals surface area contributed by atoms with Gasteiger partial charge in [0.2, 0.25) is 0 Å². The van der Waals surface area contributed by atoms with Crippen molar-refractivity contribution < 1.29 is 4.39 Å². The van der Waals surface area contributed by atoms with E-state index in [-0.39, 0.29) is 29.8 Å². The molecule has 0 aliphatic carbocycles. The Morgan fingerprint density at radius 1 is 1.19 bits per heavy atom. The normalized spacial score (nSPS) is 14.1. The van der Waals surface area contributed by atoms with Crippen molar-refractivity contribution in [3.8, 4) is 0 Å². The average Bonchev–Trinajstić information content (AvgIpc) is 3.23. The highest BCUT2D eigenvalue weighted by molar-refractivity contribution is 14.0. The van der Waals surface area contributed by atoms with Crippen LogP contribution in [0.5, 0.6) is 0 Å². The highest BCUT2D eigenvalue weighted by Gasteiger charge is 2.14. The van der Waals surface area contributed by atoms with Crippen molar-refractivity contribution in [2.24, 2.45) is 4.99 Å². The zero-order valence-electron chi connectivity index (χ0n) is 18.0. The maximum atomic E-state index is 13.6. The molecule has 168 valence electrons. The Bertz CT molecular complexity index is 1010. The summed E-state index contributed by atoms with van der Waals surface area (Å²) in [7, 11) is 0. The Labute approximate surface area is 199 Å². The molecule has 1 aliphatic heterocycles. The molecule has 0 amide bonds. The van der Waals surface area contributed by atoms with Crippen LogP contribution in [0.2, 0.25) is 0 Å². The molecule has 1 aromatic carbocycles. The minimum atomic E-state index is -0.211. The third kappa shape index (κ3) is 5.96. The van der Waals surface area contributed by atoms with Gasteiger partial charge < -0.3 is 20.2 Å². The molecule has 0 saturated heterocycles. The lowest BCUT2D eigenvalue weighted by molar-refractivity contribution is 0.604. The third-order valence-corrected chi connectivity index (χ3v) is 5.55. The number of aliphatic imine (C=N–C) groups is 1. The van der Waals surface area contributed by atoms with E-state index in [1.54, 1.807) is 12.1 Å². The largest absolute Gasteiger partial charge is 0.361 e. The van der Waals surface area contributed by atoms with Gasteiger partial charge in [-0.1, -0.05) is 6.42 Å². The van der Waals surface area contributed by atoms with Crippen LogP contribution in [0.25, 0.3) is 10.9 Å². The third-order valence-electron chi connectivity index (χ3n) is 5.55. The highest BCUT2D eigenvalue weighted by atomic mass is 127. The van der Waals surface area contributed by atoms with Crippen LogP contribution < -0.4 is 10.6 Å². The molecule has 0 radical (unpaired) electrons. The Morgan fingerprint density at radius 2 is 2.10 bits per heavy atom. The summed E-state index contributed by atoms with van der Waals surface area (Å²) in [6.45, 7) is 5.24. The number of benzene rings is 1. The van der Waals surface area contributed by atoms with Gasteiger partial charge in [0.25, 0.3) is 0 Å². The molecule has 0 spiro atoms. The van der Waals surface area contributed by atoms with Gasteiger partial charge in [-0.2, -0.15) is 0 Å². The van der Waals surface area contributed by atoms with E-state index in [9.17, 15) is 4.39 Å². The molecular formula is C22H31FIN7. The molecule has 31 heavy (non-hydrogen) atoms. The maximum Gasteiger partial charge on any atom is 0.191 e. The lowest BCUT2D eigenvalue weighted by Gasteiger charge is -2.11. The van der Waals surface area contributed by atoms with Gasteiger partial charge in [0, 0.05) is 56.1 Å². The van der Waals surface area contributed by atoms with Gasteiger partial charge in [0.15, 0.2) is 5.96 Å². The molecule has 2 aromatic heterocycles. The van der Waals surface area contributed by atoms with Crippen LogP contribution in [-0.4, -0.2) is 45.3 Å². The zero-order chi connectivity index (χ0) is 20.8. The second-order valence-electron chi connectivity index (χ2n) is 7.69. The second kappa shape index (κ2) is 11.4. The molecule has 3 heterocycles. The smallest absolute Gasteiger partial charge is 0.191 e. The fourth-order valence-electron chi connectivity index (χ4n) is 4.01. The van der Waals surface area contributed by atoms with Crippen LogP contribution in [0.4, 0.5) is 4.39 Å². The first-order valence-corrected chi connectivity index (χ1v) is 10.9. The number of rotatable bonds is 7. The number of hydrogen-bond donors (Lipinski definition) is 3. The van der Waals surface area contributed by atoms with Gasteiger partial charge >= 0.3 is 0 Å². The van der Waals surface area contributed by atoms with Crippen LogP contribution in [-0.2, 0) is 25.8 Å². The number of aryl methyl sites for hydroxylation is 1. The van der Waals surface area contributed by atoms with E-state index in [4.69, 9.17) is 4.99 Å². The number of nitrogens with zero attached hydrogens (tertiary/aromatic N) is 4. The number of halogens is 2. The van der Waals surface area contributed by atoms with Crippen molar-refractivity contribution in [3.63, 3.8) is 0 Å². The Hall–Kier alpha value is -2.17. The van der Waals surface area contributed by atoms with Gasteiger partial charge in [-0.15, -0.1) is 34.2 Å². The van der Waals surface area contributed by atoms with Crippen molar-refractivity contribution in [1.29, 1.82) is 0 Å². The van der Waals surface area contributed by atoms with Crippen LogP contribution in [0, 0.1) is 5.82 Å². The fourth-order valence-corrected chi connectivity index (χ4v) is 4.01. The first-order valence-electron chi connectivity index (χ1n) is 10.9. The van der Waals surface area contributed by atoms with Gasteiger partial charge in [-0.25, -0.2) is 4.39 Å². The first kappa shape index (κ1) is 23.5. The Kier molecular flexibility index (Phi) is 8.68. The van der Waals surface area contributed by atoms with E-state index in [1.807, 2.05) is 6.20 Å². The molecule has 1 aliphatic rings. The SMILES string of the molecule is CCNC(=NCCc1nnc2n1CCCCC2)NCCc1c[nH]c2ccc(F)cc12.I. The number of nitrogens with one attached hydrogen (secondary N) is 3. The van der Waals surface area contributed by atoms with E-state index in [1.165, 1.54) is 25.3 Å². The Morgan fingerprint density at radius 3 is 2.97 bits per heavy atom. The molecule has 0 atom stereocenters. The maximum absolute atomic E-state index is 13.6. The van der Waals surface area contributed by atoms with E-state index >= 15 is 0 Å². The number of hydrogen-bond acceptors (Lipinski definition) is 3. The predicted molar refractivity (Wildman–Crippen MR) is 133 cm³/mol. The van der Waals surface area contributed by atoms with Crippen LogP contribution >= 0.6 is 24.0 Å². The summed E-state index contributed by atoms with van der Waals surface area (Å²) in [4.78, 5) is 7.90. The first-order chi connectivity index (χ1) is 14.7. The standard InChI is InChI=1S/C22H30FN7.HI/c1-2-24-22(25-11-9-16-15-27-19-8-7-17(23)14-18(16)19)26-12-10-21-29-28-20-6-4-3-5-13-30(20)21;/h7-8,14-15,27H,2-6,9-13H2,1H3,(H2,24,25,26);1H. The summed E-state index contributed by atoms with van der Waals surface area (Å²) in [5.41, 5.74) is 2.05. The van der Waals surface area contributed by atoms with Gasteiger partial charge in [0.05, 0.1) is 0 Å². The molecule has 0 unspecified atom stereocenters. The van der Waals surface area contributed by atoms with Crippen molar-refractivity contribution in [3.05, 3.63) is 47.4 Å². The van der Waals surface area contributed by atoms with Gasteiger partial charge in [-0.05, 0) is 49.9 Å². The number of aromatic nitrogens is 4. The van der Waals surface area contributed by atoms with Crippen molar-refractivity contribution >= 4 is 40.8 Å². The summed E-state index contributed by atoms with van der Waals surface area (Å²) < 4.78 is 15.8. The van der Waals surface area contributed by atoms with E-state index in [0.29, 0.717) is 6.54 Å². The molecule has 3 aromatic rings. The van der Waals surface area contributed by atoms with Crippen LogP contribution in [0.15, 0.2) is 29.4 Å². The zero-order valence-corrected chi connectivity index (χ0v) is 20.3. The monoisotopic (exact) mass is 539 g/mol. The molecule has 3 N–H and O–H groups in total. The van der Waals surface area contributed by atoms with Crippen LogP contribution in [0.1, 0.15) is 43.4 Å². The van der Waals surface area contributed by atoms with Crippen molar-refractivity contribution in [2.75, 3.05) is 19.6 Å². The Balaban J connectivity index is 0.00000272. The number of H-pyrrole nitrogens is 1. The molecule has 9 heteroatoms. The highest BCUT2D eigenvalue weighted by Crippen LogP contribution is 2.19. The summed E-state index contributed by atoms with van der Waals surface area (Å²) in [5, 5.41) is 16.4. The second-order valence-corrected chi connectivity index (χ2v) is 7.69. The topological polar surface area (TPSA) is 82.9 Å². The van der Waals surface area contributed by atoms with E-state index in [2.05, 4.69) is 37.3 Å². The van der Waals surface area contributed by atoms with E-state index < -0.39 is 0 Å². The quantitative estimate of drug-likeness (QED) is 0.244. The number of aromatic amines is 1. The minimum Gasteiger partial charge on any atom is -0.361 e. The molecular weight excluding hydrogens is 508 g/mol. The summed E-state index contributed by atoms with van der Waals surface area (Å²) >= 11 is 0. The van der Waals surface area contributed by atoms with Gasteiger partial charge in [0.1, 0.15) is 17.5 Å². The number of fused-ring (bicyclic) bond motifs is 2.